The topological polar surface area (TPSA) is 9.23 Å². The van der Waals surface area contributed by atoms with Crippen LogP contribution in [0.25, 0.3) is 0 Å². The van der Waals surface area contributed by atoms with Gasteiger partial charge in [0.1, 0.15) is 6.17 Å². The fourth-order valence-electron chi connectivity index (χ4n) is 2.16. The minimum atomic E-state index is -5.74. The minimum absolute atomic E-state index is 0.0753. The van der Waals surface area contributed by atoms with E-state index in [1.165, 1.54) is 0 Å². The van der Waals surface area contributed by atoms with Gasteiger partial charge >= 0.3 is 6.18 Å². The van der Waals surface area contributed by atoms with Crippen LogP contribution < -0.4 is 0 Å². The maximum absolute atomic E-state index is 14.3. The van der Waals surface area contributed by atoms with Crippen molar-refractivity contribution in [3.05, 3.63) is 0 Å². The SMILES string of the molecule is CCC(F)CC(OC(C)(C)C)(C(F)(F)F)C(F)(F)CC(C)(F)F. The van der Waals surface area contributed by atoms with Gasteiger partial charge in [0.25, 0.3) is 11.8 Å². The van der Waals surface area contributed by atoms with Crippen LogP contribution in [0.2, 0.25) is 0 Å². The first-order chi connectivity index (χ1) is 9.87. The average Bonchev–Trinajstić information content (AvgIpc) is 2.20. The first-order valence-corrected chi connectivity index (χ1v) is 7.03. The van der Waals surface area contributed by atoms with Crippen molar-refractivity contribution in [2.24, 2.45) is 0 Å². The van der Waals surface area contributed by atoms with E-state index in [-0.39, 0.29) is 6.92 Å². The largest absolute Gasteiger partial charge is 0.423 e. The molecule has 0 rings (SSSR count). The predicted molar refractivity (Wildman–Crippen MR) is 69.6 cm³/mol. The molecule has 0 aromatic heterocycles. The van der Waals surface area contributed by atoms with Crippen LogP contribution in [0.15, 0.2) is 0 Å². The second-order valence-electron chi connectivity index (χ2n) is 6.70. The molecule has 1 nitrogen and oxygen atoms in total. The van der Waals surface area contributed by atoms with E-state index in [0.717, 1.165) is 27.7 Å². The molecule has 2 unspecified atom stereocenters. The van der Waals surface area contributed by atoms with Crippen molar-refractivity contribution in [3.8, 4) is 0 Å². The van der Waals surface area contributed by atoms with E-state index in [1.807, 2.05) is 0 Å². The van der Waals surface area contributed by atoms with Crippen LogP contribution in [0.5, 0.6) is 0 Å². The highest BCUT2D eigenvalue weighted by Crippen LogP contribution is 2.53. The third-order valence-electron chi connectivity index (χ3n) is 3.01. The molecule has 0 heterocycles. The Morgan fingerprint density at radius 1 is 0.870 bits per heavy atom. The molecular formula is C14H22F8O. The van der Waals surface area contributed by atoms with Crippen molar-refractivity contribution < 1.29 is 39.9 Å². The van der Waals surface area contributed by atoms with E-state index < -0.39 is 54.7 Å². The Hall–Kier alpha value is -0.600. The van der Waals surface area contributed by atoms with Crippen LogP contribution in [0.4, 0.5) is 35.1 Å². The molecule has 0 aromatic carbocycles. The molecule has 0 saturated heterocycles. The normalized spacial score (nSPS) is 18.7. The molecule has 0 saturated carbocycles. The van der Waals surface area contributed by atoms with Gasteiger partial charge in [0, 0.05) is 6.42 Å². The summed E-state index contributed by atoms with van der Waals surface area (Å²) < 4.78 is 113. The van der Waals surface area contributed by atoms with Gasteiger partial charge < -0.3 is 4.74 Å². The molecule has 0 aromatic rings. The predicted octanol–water partition coefficient (Wildman–Crippen LogP) is 5.92. The fourth-order valence-corrected chi connectivity index (χ4v) is 2.16. The molecule has 0 spiro atoms. The van der Waals surface area contributed by atoms with Crippen molar-refractivity contribution >= 4 is 0 Å². The maximum Gasteiger partial charge on any atom is 0.423 e. The molecule has 0 bridgehead atoms. The van der Waals surface area contributed by atoms with Crippen LogP contribution in [0.1, 0.15) is 53.9 Å². The third kappa shape index (κ3) is 6.08. The van der Waals surface area contributed by atoms with Gasteiger partial charge in [-0.1, -0.05) is 6.92 Å². The molecule has 0 radical (unpaired) electrons. The zero-order valence-electron chi connectivity index (χ0n) is 13.6. The molecule has 9 heteroatoms. The van der Waals surface area contributed by atoms with Gasteiger partial charge in [0.05, 0.1) is 12.0 Å². The zero-order valence-corrected chi connectivity index (χ0v) is 13.6. The van der Waals surface area contributed by atoms with Crippen molar-refractivity contribution in [2.75, 3.05) is 0 Å². The van der Waals surface area contributed by atoms with Crippen LogP contribution in [-0.4, -0.2) is 35.4 Å². The summed E-state index contributed by atoms with van der Waals surface area (Å²) in [6, 6.07) is 0. The quantitative estimate of drug-likeness (QED) is 0.513. The van der Waals surface area contributed by atoms with Gasteiger partial charge in [-0.3, -0.25) is 0 Å². The summed E-state index contributed by atoms with van der Waals surface area (Å²) in [6.07, 6.45) is -12.7. The second-order valence-corrected chi connectivity index (χ2v) is 6.70. The lowest BCUT2D eigenvalue weighted by atomic mass is 9.83. The van der Waals surface area contributed by atoms with Gasteiger partial charge in [-0.15, -0.1) is 0 Å². The molecule has 140 valence electrons. The molecule has 0 N–H and O–H groups in total. The molecule has 0 aliphatic carbocycles. The van der Waals surface area contributed by atoms with E-state index in [4.69, 9.17) is 0 Å². The highest BCUT2D eigenvalue weighted by atomic mass is 19.4. The molecular weight excluding hydrogens is 336 g/mol. The van der Waals surface area contributed by atoms with E-state index in [0.29, 0.717) is 0 Å². The standard InChI is InChI=1S/C14H22F8O/c1-6-9(15)7-12(14(20,21)22,23-10(2,3)4)13(18,19)8-11(5,16)17/h9H,6-8H2,1-5H3. The van der Waals surface area contributed by atoms with E-state index >= 15 is 0 Å². The van der Waals surface area contributed by atoms with Crippen molar-refractivity contribution in [3.63, 3.8) is 0 Å². The molecule has 0 aliphatic rings. The molecule has 0 fully saturated rings. The Kier molecular flexibility index (Phi) is 6.55. The molecule has 0 amide bonds. The van der Waals surface area contributed by atoms with E-state index in [2.05, 4.69) is 4.74 Å². The Labute approximate surface area is 130 Å². The Morgan fingerprint density at radius 3 is 1.57 bits per heavy atom. The average molecular weight is 358 g/mol. The summed E-state index contributed by atoms with van der Waals surface area (Å²) in [5, 5.41) is 0. The number of halogens is 8. The van der Waals surface area contributed by atoms with Gasteiger partial charge in [-0.05, 0) is 34.1 Å². The van der Waals surface area contributed by atoms with Crippen molar-refractivity contribution in [1.82, 2.24) is 0 Å². The van der Waals surface area contributed by atoms with Gasteiger partial charge in [0.15, 0.2) is 0 Å². The first-order valence-electron chi connectivity index (χ1n) is 7.03. The summed E-state index contributed by atoms with van der Waals surface area (Å²) in [4.78, 5) is 0. The zero-order chi connectivity index (χ0) is 18.9. The lowest BCUT2D eigenvalue weighted by Gasteiger charge is -2.46. The Bertz CT molecular complexity index is 380. The van der Waals surface area contributed by atoms with Crippen molar-refractivity contribution in [2.45, 2.75) is 89.3 Å². The monoisotopic (exact) mass is 358 g/mol. The second kappa shape index (κ2) is 6.72. The van der Waals surface area contributed by atoms with Crippen LogP contribution in [0, 0.1) is 0 Å². The lowest BCUT2D eigenvalue weighted by Crippen LogP contribution is -2.64. The van der Waals surface area contributed by atoms with Gasteiger partial charge in [0.2, 0.25) is 5.60 Å². The van der Waals surface area contributed by atoms with Crippen LogP contribution in [-0.2, 0) is 4.74 Å². The highest BCUT2D eigenvalue weighted by Gasteiger charge is 2.73. The summed E-state index contributed by atoms with van der Waals surface area (Å²) in [5.41, 5.74) is -6.09. The Morgan fingerprint density at radius 2 is 1.30 bits per heavy atom. The molecule has 0 aliphatic heterocycles. The summed E-state index contributed by atoms with van der Waals surface area (Å²) in [6.45, 7) is 4.42. The summed E-state index contributed by atoms with van der Waals surface area (Å²) in [5.74, 6) is -9.10. The summed E-state index contributed by atoms with van der Waals surface area (Å²) in [7, 11) is 0. The van der Waals surface area contributed by atoms with Crippen LogP contribution in [0.3, 0.4) is 0 Å². The van der Waals surface area contributed by atoms with E-state index in [9.17, 15) is 35.1 Å². The first kappa shape index (κ1) is 22.4. The minimum Gasteiger partial charge on any atom is -0.354 e. The Balaban J connectivity index is 6.19. The number of rotatable bonds is 7. The molecule has 23 heavy (non-hydrogen) atoms. The van der Waals surface area contributed by atoms with Crippen molar-refractivity contribution in [1.29, 1.82) is 0 Å². The summed E-state index contributed by atoms with van der Waals surface area (Å²) >= 11 is 0. The third-order valence-corrected chi connectivity index (χ3v) is 3.01. The fraction of sp³-hybridized carbons (Fsp3) is 1.00. The van der Waals surface area contributed by atoms with E-state index in [1.54, 1.807) is 0 Å². The number of hydrogen-bond acceptors (Lipinski definition) is 1. The lowest BCUT2D eigenvalue weighted by molar-refractivity contribution is -0.379. The van der Waals surface area contributed by atoms with Crippen LogP contribution >= 0.6 is 0 Å². The molecule has 2 atom stereocenters. The number of hydrogen-bond donors (Lipinski definition) is 0. The number of alkyl halides is 8. The van der Waals surface area contributed by atoms with Gasteiger partial charge in [-0.25, -0.2) is 22.0 Å². The maximum atomic E-state index is 14.3. The highest BCUT2D eigenvalue weighted by molar-refractivity contribution is 5.05. The number of ether oxygens (including phenoxy) is 1. The van der Waals surface area contributed by atoms with Gasteiger partial charge in [-0.2, -0.15) is 13.2 Å². The smallest absolute Gasteiger partial charge is 0.354 e.